The van der Waals surface area contributed by atoms with E-state index in [0.717, 1.165) is 19.3 Å². The van der Waals surface area contributed by atoms with Crippen LogP contribution in [0.25, 0.3) is 0 Å². The summed E-state index contributed by atoms with van der Waals surface area (Å²) in [6.45, 7) is 3.71. The van der Waals surface area contributed by atoms with Crippen molar-refractivity contribution >= 4 is 11.6 Å². The number of rotatable bonds is 4. The first-order valence-corrected chi connectivity index (χ1v) is 5.17. The second kappa shape index (κ2) is 4.54. The van der Waals surface area contributed by atoms with Gasteiger partial charge in [0.05, 0.1) is 0 Å². The number of hydrogen-bond donors (Lipinski definition) is 0. The standard InChI is InChI=1S/C11H18O2/c1-3-4-10-9(7-8(2)12)5-6-11(10)13/h9-10H,3-7H2,1-2H3. The highest BCUT2D eigenvalue weighted by atomic mass is 16.1. The van der Waals surface area contributed by atoms with Crippen LogP contribution in [0.2, 0.25) is 0 Å². The molecule has 0 radical (unpaired) electrons. The van der Waals surface area contributed by atoms with Crippen molar-refractivity contribution in [3.05, 3.63) is 0 Å². The Kier molecular flexibility index (Phi) is 3.64. The molecule has 0 N–H and O–H groups in total. The molecule has 1 rings (SSSR count). The smallest absolute Gasteiger partial charge is 0.136 e. The van der Waals surface area contributed by atoms with Crippen LogP contribution in [0.4, 0.5) is 0 Å². The summed E-state index contributed by atoms with van der Waals surface area (Å²) >= 11 is 0. The van der Waals surface area contributed by atoms with Gasteiger partial charge in [0.15, 0.2) is 0 Å². The summed E-state index contributed by atoms with van der Waals surface area (Å²) in [5.41, 5.74) is 0. The summed E-state index contributed by atoms with van der Waals surface area (Å²) in [4.78, 5) is 22.4. The summed E-state index contributed by atoms with van der Waals surface area (Å²) in [5, 5.41) is 0. The average molecular weight is 182 g/mol. The van der Waals surface area contributed by atoms with Gasteiger partial charge in [0.2, 0.25) is 0 Å². The van der Waals surface area contributed by atoms with E-state index >= 15 is 0 Å². The molecule has 2 atom stereocenters. The van der Waals surface area contributed by atoms with E-state index < -0.39 is 0 Å². The van der Waals surface area contributed by atoms with Crippen LogP contribution in [0.1, 0.15) is 46.0 Å². The van der Waals surface area contributed by atoms with Crippen molar-refractivity contribution in [1.29, 1.82) is 0 Å². The van der Waals surface area contributed by atoms with Gasteiger partial charge in [-0.15, -0.1) is 0 Å². The maximum Gasteiger partial charge on any atom is 0.136 e. The summed E-state index contributed by atoms with van der Waals surface area (Å²) in [7, 11) is 0. The fraction of sp³-hybridized carbons (Fsp3) is 0.818. The zero-order chi connectivity index (χ0) is 9.84. The number of carbonyl (C=O) groups is 2. The summed E-state index contributed by atoms with van der Waals surface area (Å²) in [6, 6.07) is 0. The van der Waals surface area contributed by atoms with Crippen molar-refractivity contribution in [2.24, 2.45) is 11.8 Å². The Morgan fingerprint density at radius 3 is 2.77 bits per heavy atom. The highest BCUT2D eigenvalue weighted by Crippen LogP contribution is 2.34. The molecule has 0 heterocycles. The molecule has 2 nitrogen and oxygen atoms in total. The number of carbonyl (C=O) groups excluding carboxylic acids is 2. The minimum absolute atomic E-state index is 0.189. The molecule has 0 aromatic rings. The van der Waals surface area contributed by atoms with Gasteiger partial charge in [-0.3, -0.25) is 4.79 Å². The molecule has 1 aliphatic rings. The van der Waals surface area contributed by atoms with E-state index in [9.17, 15) is 9.59 Å². The second-order valence-electron chi connectivity index (χ2n) is 4.07. The second-order valence-corrected chi connectivity index (χ2v) is 4.07. The number of Topliss-reactive ketones (excluding diaryl/α,β-unsaturated/α-hetero) is 2. The van der Waals surface area contributed by atoms with E-state index in [0.29, 0.717) is 24.5 Å². The van der Waals surface area contributed by atoms with E-state index in [-0.39, 0.29) is 11.7 Å². The minimum atomic E-state index is 0.189. The van der Waals surface area contributed by atoms with E-state index in [4.69, 9.17) is 0 Å². The molecule has 0 saturated heterocycles. The van der Waals surface area contributed by atoms with Crippen molar-refractivity contribution < 1.29 is 9.59 Å². The Bertz CT molecular complexity index is 208. The monoisotopic (exact) mass is 182 g/mol. The minimum Gasteiger partial charge on any atom is -0.300 e. The van der Waals surface area contributed by atoms with Crippen LogP contribution in [0.5, 0.6) is 0 Å². The van der Waals surface area contributed by atoms with Crippen LogP contribution < -0.4 is 0 Å². The molecule has 0 aromatic carbocycles. The van der Waals surface area contributed by atoms with E-state index in [2.05, 4.69) is 6.92 Å². The quantitative estimate of drug-likeness (QED) is 0.668. The van der Waals surface area contributed by atoms with Gasteiger partial charge < -0.3 is 4.79 Å². The van der Waals surface area contributed by atoms with Crippen LogP contribution in [-0.4, -0.2) is 11.6 Å². The lowest BCUT2D eigenvalue weighted by Gasteiger charge is -2.15. The molecular formula is C11H18O2. The van der Waals surface area contributed by atoms with Gasteiger partial charge >= 0.3 is 0 Å². The van der Waals surface area contributed by atoms with Crippen molar-refractivity contribution in [3.63, 3.8) is 0 Å². The fourth-order valence-electron chi connectivity index (χ4n) is 2.30. The molecule has 0 aromatic heterocycles. The lowest BCUT2D eigenvalue weighted by Crippen LogP contribution is -2.16. The summed E-state index contributed by atoms with van der Waals surface area (Å²) in [6.07, 6.45) is 4.25. The van der Waals surface area contributed by atoms with Crippen molar-refractivity contribution in [2.75, 3.05) is 0 Å². The SMILES string of the molecule is CCCC1C(=O)CCC1CC(C)=O. The lowest BCUT2D eigenvalue weighted by molar-refractivity contribution is -0.122. The highest BCUT2D eigenvalue weighted by Gasteiger charge is 2.33. The molecule has 1 saturated carbocycles. The predicted molar refractivity (Wildman–Crippen MR) is 51.4 cm³/mol. The van der Waals surface area contributed by atoms with Gasteiger partial charge in [-0.25, -0.2) is 0 Å². The summed E-state index contributed by atoms with van der Waals surface area (Å²) < 4.78 is 0. The highest BCUT2D eigenvalue weighted by molar-refractivity contribution is 5.85. The molecule has 74 valence electrons. The molecule has 2 unspecified atom stereocenters. The fourth-order valence-corrected chi connectivity index (χ4v) is 2.30. The molecule has 0 aliphatic heterocycles. The zero-order valence-corrected chi connectivity index (χ0v) is 8.51. The third kappa shape index (κ3) is 2.64. The van der Waals surface area contributed by atoms with Crippen molar-refractivity contribution in [2.45, 2.75) is 46.0 Å². The van der Waals surface area contributed by atoms with Gasteiger partial charge in [-0.1, -0.05) is 13.3 Å². The van der Waals surface area contributed by atoms with E-state index in [1.54, 1.807) is 6.92 Å². The summed E-state index contributed by atoms with van der Waals surface area (Å²) in [5.74, 6) is 1.15. The lowest BCUT2D eigenvalue weighted by atomic mass is 9.88. The number of ketones is 2. The van der Waals surface area contributed by atoms with Crippen LogP contribution in [0.3, 0.4) is 0 Å². The maximum atomic E-state index is 11.4. The molecule has 0 bridgehead atoms. The Balaban J connectivity index is 2.53. The predicted octanol–water partition coefficient (Wildman–Crippen LogP) is 2.36. The van der Waals surface area contributed by atoms with Gasteiger partial charge in [0.1, 0.15) is 11.6 Å². The van der Waals surface area contributed by atoms with Gasteiger partial charge in [0.25, 0.3) is 0 Å². The third-order valence-electron chi connectivity index (χ3n) is 2.89. The third-order valence-corrected chi connectivity index (χ3v) is 2.89. The van der Waals surface area contributed by atoms with Gasteiger partial charge in [0, 0.05) is 18.8 Å². The topological polar surface area (TPSA) is 34.1 Å². The first kappa shape index (κ1) is 10.4. The zero-order valence-electron chi connectivity index (χ0n) is 8.51. The molecule has 1 fully saturated rings. The van der Waals surface area contributed by atoms with Crippen molar-refractivity contribution in [1.82, 2.24) is 0 Å². The molecule has 2 heteroatoms. The van der Waals surface area contributed by atoms with E-state index in [1.807, 2.05) is 0 Å². The van der Waals surface area contributed by atoms with Crippen LogP contribution >= 0.6 is 0 Å². The van der Waals surface area contributed by atoms with Crippen LogP contribution in [-0.2, 0) is 9.59 Å². The molecule has 13 heavy (non-hydrogen) atoms. The van der Waals surface area contributed by atoms with Gasteiger partial charge in [-0.05, 0) is 25.7 Å². The maximum absolute atomic E-state index is 11.4. The van der Waals surface area contributed by atoms with Crippen LogP contribution in [0.15, 0.2) is 0 Å². The van der Waals surface area contributed by atoms with E-state index in [1.165, 1.54) is 0 Å². The van der Waals surface area contributed by atoms with Crippen LogP contribution in [0, 0.1) is 11.8 Å². The Morgan fingerprint density at radius 1 is 1.54 bits per heavy atom. The first-order chi connectivity index (χ1) is 6.15. The molecule has 0 spiro atoms. The largest absolute Gasteiger partial charge is 0.300 e. The Hall–Kier alpha value is -0.660. The normalized spacial score (nSPS) is 28.0. The average Bonchev–Trinajstić information content (AvgIpc) is 2.35. The molecular weight excluding hydrogens is 164 g/mol. The van der Waals surface area contributed by atoms with Gasteiger partial charge in [-0.2, -0.15) is 0 Å². The molecule has 1 aliphatic carbocycles. The first-order valence-electron chi connectivity index (χ1n) is 5.17. The Labute approximate surface area is 79.7 Å². The van der Waals surface area contributed by atoms with Crippen molar-refractivity contribution in [3.8, 4) is 0 Å². The molecule has 0 amide bonds. The number of hydrogen-bond acceptors (Lipinski definition) is 2. The Morgan fingerprint density at radius 2 is 2.23 bits per heavy atom.